The molecule has 0 amide bonds. The number of halogens is 3. The number of alkyl halides is 2. The van der Waals surface area contributed by atoms with Crippen molar-refractivity contribution >= 4 is 17.0 Å². The predicted octanol–water partition coefficient (Wildman–Crippen LogP) is 5.69. The lowest BCUT2D eigenvalue weighted by molar-refractivity contribution is 0.104. The summed E-state index contributed by atoms with van der Waals surface area (Å²) in [4.78, 5) is 10.9. The van der Waals surface area contributed by atoms with Gasteiger partial charge in [0.2, 0.25) is 11.8 Å². The van der Waals surface area contributed by atoms with Crippen molar-refractivity contribution in [3.63, 3.8) is 0 Å². The molecule has 0 aliphatic rings. The summed E-state index contributed by atoms with van der Waals surface area (Å²) in [7, 11) is 5.13. The van der Waals surface area contributed by atoms with E-state index < -0.39 is 23.8 Å². The van der Waals surface area contributed by atoms with E-state index in [1.165, 1.54) is 13.2 Å². The maximum absolute atomic E-state index is 14.5. The minimum atomic E-state index is -2.89. The minimum Gasteiger partial charge on any atom is -0.480 e. The molecule has 190 valence electrons. The first-order valence-corrected chi connectivity index (χ1v) is 11.5. The number of nitrogens with zero attached hydrogens (tertiary/aromatic N) is 5. The molecule has 4 aromatic rings. The van der Waals surface area contributed by atoms with Crippen LogP contribution in [0.15, 0.2) is 48.5 Å². The van der Waals surface area contributed by atoms with E-state index in [9.17, 15) is 13.2 Å². The third-order valence-corrected chi connectivity index (χ3v) is 5.85. The first kappa shape index (κ1) is 25.4. The van der Waals surface area contributed by atoms with Crippen molar-refractivity contribution in [2.45, 2.75) is 39.0 Å². The van der Waals surface area contributed by atoms with Gasteiger partial charge in [0.05, 0.1) is 31.9 Å². The Balaban J connectivity index is 1.80. The molecular formula is C26H28F3N5O2. The summed E-state index contributed by atoms with van der Waals surface area (Å²) in [6.45, 7) is 2.45. The summed E-state index contributed by atoms with van der Waals surface area (Å²) < 4.78 is 53.9. The maximum atomic E-state index is 14.5. The molecule has 0 saturated carbocycles. The quantitative estimate of drug-likeness (QED) is 0.279. The fourth-order valence-corrected chi connectivity index (χ4v) is 4.05. The lowest BCUT2D eigenvalue weighted by atomic mass is 10.0. The summed E-state index contributed by atoms with van der Waals surface area (Å²) in [5.74, 6) is -0.210. The average Bonchev–Trinajstić information content (AvgIpc) is 3.22. The first-order chi connectivity index (χ1) is 17.3. The van der Waals surface area contributed by atoms with Gasteiger partial charge >= 0.3 is 0 Å². The van der Waals surface area contributed by atoms with E-state index in [1.54, 1.807) is 23.7 Å². The zero-order valence-electron chi connectivity index (χ0n) is 20.6. The molecule has 0 aliphatic carbocycles. The van der Waals surface area contributed by atoms with Crippen LogP contribution in [-0.4, -0.2) is 41.0 Å². The zero-order chi connectivity index (χ0) is 25.8. The minimum absolute atomic E-state index is 0.161. The number of anilines is 1. The molecule has 2 heterocycles. The van der Waals surface area contributed by atoms with Crippen LogP contribution in [0.3, 0.4) is 0 Å². The normalized spacial score (nSPS) is 12.3. The monoisotopic (exact) mass is 499 g/mol. The molecule has 0 N–H and O–H groups in total. The van der Waals surface area contributed by atoms with Crippen molar-refractivity contribution in [3.8, 4) is 5.88 Å². The highest BCUT2D eigenvalue weighted by molar-refractivity contribution is 5.85. The van der Waals surface area contributed by atoms with E-state index in [0.717, 1.165) is 17.7 Å². The number of methoxy groups -OCH3 is 1. The zero-order valence-corrected chi connectivity index (χ0v) is 20.6. The van der Waals surface area contributed by atoms with Gasteiger partial charge in [-0.25, -0.2) is 17.9 Å². The first-order valence-electron chi connectivity index (χ1n) is 11.5. The van der Waals surface area contributed by atoms with Gasteiger partial charge in [-0.1, -0.05) is 49.4 Å². The summed E-state index contributed by atoms with van der Waals surface area (Å²) in [5, 5.41) is 5.37. The van der Waals surface area contributed by atoms with Gasteiger partial charge in [-0.3, -0.25) is 0 Å². The summed E-state index contributed by atoms with van der Waals surface area (Å²) in [6.07, 6.45) is -2.38. The Morgan fingerprint density at radius 1 is 1.03 bits per heavy atom. The van der Waals surface area contributed by atoms with Crippen LogP contribution in [0.25, 0.3) is 11.0 Å². The van der Waals surface area contributed by atoms with Crippen LogP contribution in [0.2, 0.25) is 0 Å². The largest absolute Gasteiger partial charge is 0.480 e. The molecule has 36 heavy (non-hydrogen) atoms. The molecule has 0 radical (unpaired) electrons. The smallest absolute Gasteiger partial charge is 0.266 e. The van der Waals surface area contributed by atoms with Gasteiger partial charge in [0, 0.05) is 14.1 Å². The van der Waals surface area contributed by atoms with Gasteiger partial charge in [-0.2, -0.15) is 15.1 Å². The molecule has 0 saturated heterocycles. The second-order valence-corrected chi connectivity index (χ2v) is 8.50. The number of hydrogen-bond donors (Lipinski definition) is 0. The highest BCUT2D eigenvalue weighted by atomic mass is 19.3. The third kappa shape index (κ3) is 5.13. The van der Waals surface area contributed by atoms with Crippen molar-refractivity contribution in [1.29, 1.82) is 0 Å². The van der Waals surface area contributed by atoms with Crippen molar-refractivity contribution in [2.75, 3.05) is 26.1 Å². The third-order valence-electron chi connectivity index (χ3n) is 5.85. The summed E-state index contributed by atoms with van der Waals surface area (Å²) in [6, 6.07) is 13.0. The highest BCUT2D eigenvalue weighted by Gasteiger charge is 2.26. The van der Waals surface area contributed by atoms with E-state index in [1.807, 2.05) is 37.3 Å². The van der Waals surface area contributed by atoms with Crippen molar-refractivity contribution in [3.05, 3.63) is 76.7 Å². The number of aromatic nitrogens is 4. The Hall–Kier alpha value is -3.66. The van der Waals surface area contributed by atoms with Gasteiger partial charge < -0.3 is 14.4 Å². The Morgan fingerprint density at radius 2 is 1.78 bits per heavy atom. The molecule has 2 aromatic heterocycles. The molecule has 0 fully saturated rings. The topological polar surface area (TPSA) is 65.3 Å². The fraction of sp³-hybridized carbons (Fsp3) is 0.346. The van der Waals surface area contributed by atoms with Gasteiger partial charge in [0.15, 0.2) is 5.65 Å². The molecule has 0 spiro atoms. The van der Waals surface area contributed by atoms with Crippen molar-refractivity contribution < 1.29 is 22.6 Å². The average molecular weight is 500 g/mol. The standard InChI is InChI=1S/C26H28F3N5O2/c1-5-21(17-11-12-18(23(28)29)19(27)13-17)34-24-22(25(35-4)31-26(30-24)33(2)3)20(32-34)15-36-14-16-9-7-6-8-10-16/h6-13,21,23H,5,14-15H2,1-4H3. The molecule has 4 rings (SSSR count). The molecule has 1 unspecified atom stereocenters. The lowest BCUT2D eigenvalue weighted by Gasteiger charge is -2.19. The van der Waals surface area contributed by atoms with E-state index in [2.05, 4.69) is 4.98 Å². The molecule has 0 aliphatic heterocycles. The van der Waals surface area contributed by atoms with Crippen molar-refractivity contribution in [1.82, 2.24) is 19.7 Å². The lowest BCUT2D eigenvalue weighted by Crippen LogP contribution is -2.16. The van der Waals surface area contributed by atoms with Gasteiger partial charge in [0.1, 0.15) is 16.9 Å². The molecule has 2 aromatic carbocycles. The van der Waals surface area contributed by atoms with Crippen LogP contribution in [0, 0.1) is 5.82 Å². The summed E-state index contributed by atoms with van der Waals surface area (Å²) >= 11 is 0. The molecular weight excluding hydrogens is 471 g/mol. The van der Waals surface area contributed by atoms with Gasteiger partial charge in [-0.15, -0.1) is 0 Å². The van der Waals surface area contributed by atoms with E-state index in [-0.39, 0.29) is 6.61 Å². The number of hydrogen-bond acceptors (Lipinski definition) is 6. The second kappa shape index (κ2) is 10.9. The predicted molar refractivity (Wildman–Crippen MR) is 131 cm³/mol. The Morgan fingerprint density at radius 3 is 2.39 bits per heavy atom. The fourth-order valence-electron chi connectivity index (χ4n) is 4.05. The van der Waals surface area contributed by atoms with Gasteiger partial charge in [-0.05, 0) is 23.6 Å². The number of fused-ring (bicyclic) bond motifs is 1. The maximum Gasteiger partial charge on any atom is 0.266 e. The van der Waals surface area contributed by atoms with Crippen LogP contribution < -0.4 is 9.64 Å². The molecule has 10 heteroatoms. The SMILES string of the molecule is CCC(c1ccc(C(F)F)c(F)c1)n1nc(COCc2ccccc2)c2c(OC)nc(N(C)C)nc21. The second-order valence-electron chi connectivity index (χ2n) is 8.50. The van der Waals surface area contributed by atoms with E-state index >= 15 is 0 Å². The Labute approximate surface area is 207 Å². The number of rotatable bonds is 10. The number of ether oxygens (including phenoxy) is 2. The van der Waals surface area contributed by atoms with Gasteiger partial charge in [0.25, 0.3) is 6.43 Å². The van der Waals surface area contributed by atoms with Crippen molar-refractivity contribution in [2.24, 2.45) is 0 Å². The van der Waals surface area contributed by atoms with Crippen LogP contribution in [-0.2, 0) is 18.0 Å². The van der Waals surface area contributed by atoms with Crippen LogP contribution in [0.5, 0.6) is 5.88 Å². The Kier molecular flexibility index (Phi) is 7.73. The molecule has 7 nitrogen and oxygen atoms in total. The van der Waals surface area contributed by atoms with Crippen LogP contribution in [0.1, 0.15) is 48.2 Å². The number of benzene rings is 2. The molecule has 1 atom stereocenters. The molecule has 0 bridgehead atoms. The van der Waals surface area contributed by atoms with Crippen LogP contribution >= 0.6 is 0 Å². The van der Waals surface area contributed by atoms with E-state index in [4.69, 9.17) is 19.6 Å². The van der Waals surface area contributed by atoms with Crippen LogP contribution in [0.4, 0.5) is 19.1 Å². The van der Waals surface area contributed by atoms with E-state index in [0.29, 0.717) is 47.1 Å². The Bertz CT molecular complexity index is 1330. The summed E-state index contributed by atoms with van der Waals surface area (Å²) in [5.41, 5.74) is 1.93. The highest BCUT2D eigenvalue weighted by Crippen LogP contribution is 2.34.